The van der Waals surface area contributed by atoms with Gasteiger partial charge in [0.25, 0.3) is 0 Å². The first-order valence-corrected chi connectivity index (χ1v) is 6.57. The molecule has 0 aliphatic carbocycles. The van der Waals surface area contributed by atoms with Crippen LogP contribution in [0, 0.1) is 11.6 Å². The van der Waals surface area contributed by atoms with Crippen LogP contribution >= 0.6 is 0 Å². The number of ether oxygens (including phenoxy) is 2. The van der Waals surface area contributed by atoms with Crippen LogP contribution in [-0.2, 0) is 13.0 Å². The molecule has 0 heterocycles. The van der Waals surface area contributed by atoms with Gasteiger partial charge in [0, 0.05) is 5.56 Å². The second-order valence-corrected chi connectivity index (χ2v) is 4.54. The highest BCUT2D eigenvalue weighted by Gasteiger charge is 2.08. The lowest BCUT2D eigenvalue weighted by atomic mass is 10.1. The van der Waals surface area contributed by atoms with Gasteiger partial charge in [-0.15, -0.1) is 0 Å². The van der Waals surface area contributed by atoms with Crippen molar-refractivity contribution >= 4 is 0 Å². The number of benzene rings is 2. The molecule has 0 radical (unpaired) electrons. The van der Waals surface area contributed by atoms with Crippen molar-refractivity contribution in [2.24, 2.45) is 5.73 Å². The fourth-order valence-corrected chi connectivity index (χ4v) is 1.98. The summed E-state index contributed by atoms with van der Waals surface area (Å²) in [6.45, 7) is 0.408. The first-order valence-electron chi connectivity index (χ1n) is 6.57. The van der Waals surface area contributed by atoms with Gasteiger partial charge in [0.15, 0.2) is 0 Å². The standard InChI is InChI=1S/C16H17F2NO2/c1-20-14-3-5-16(11(9-14)6-7-19)21-10-12-8-13(17)2-4-15(12)18/h2-5,8-9H,6-7,10,19H2,1H3. The molecule has 0 saturated carbocycles. The number of hydrogen-bond acceptors (Lipinski definition) is 3. The molecule has 0 saturated heterocycles. The third kappa shape index (κ3) is 3.92. The quantitative estimate of drug-likeness (QED) is 0.890. The Morgan fingerprint density at radius 3 is 2.57 bits per heavy atom. The predicted octanol–water partition coefficient (Wildman–Crippen LogP) is 3.05. The van der Waals surface area contributed by atoms with Gasteiger partial charge < -0.3 is 15.2 Å². The van der Waals surface area contributed by atoms with E-state index in [1.807, 2.05) is 6.07 Å². The first-order chi connectivity index (χ1) is 10.1. The molecule has 0 fully saturated rings. The van der Waals surface area contributed by atoms with Crippen LogP contribution in [-0.4, -0.2) is 13.7 Å². The third-order valence-electron chi connectivity index (χ3n) is 3.07. The number of rotatable bonds is 6. The van der Waals surface area contributed by atoms with Gasteiger partial charge in [-0.25, -0.2) is 8.78 Å². The van der Waals surface area contributed by atoms with Crippen LogP contribution < -0.4 is 15.2 Å². The summed E-state index contributed by atoms with van der Waals surface area (Å²) in [6, 6.07) is 8.60. The maximum Gasteiger partial charge on any atom is 0.130 e. The van der Waals surface area contributed by atoms with Crippen molar-refractivity contribution in [2.75, 3.05) is 13.7 Å². The van der Waals surface area contributed by atoms with E-state index in [0.29, 0.717) is 24.5 Å². The zero-order valence-electron chi connectivity index (χ0n) is 11.7. The van der Waals surface area contributed by atoms with Crippen LogP contribution in [0.3, 0.4) is 0 Å². The van der Waals surface area contributed by atoms with Crippen molar-refractivity contribution in [1.29, 1.82) is 0 Å². The van der Waals surface area contributed by atoms with Crippen molar-refractivity contribution < 1.29 is 18.3 Å². The molecule has 0 aromatic heterocycles. The average Bonchev–Trinajstić information content (AvgIpc) is 2.49. The van der Waals surface area contributed by atoms with Crippen LogP contribution in [0.15, 0.2) is 36.4 Å². The molecule has 0 aliphatic heterocycles. The van der Waals surface area contributed by atoms with Crippen LogP contribution in [0.25, 0.3) is 0 Å². The van der Waals surface area contributed by atoms with E-state index in [1.54, 1.807) is 19.2 Å². The summed E-state index contributed by atoms with van der Waals surface area (Å²) in [6.07, 6.45) is 0.609. The minimum absolute atomic E-state index is 0.0481. The van der Waals surface area contributed by atoms with E-state index >= 15 is 0 Å². The predicted molar refractivity (Wildman–Crippen MR) is 76.4 cm³/mol. The zero-order chi connectivity index (χ0) is 15.2. The maximum atomic E-state index is 13.6. The van der Waals surface area contributed by atoms with Crippen molar-refractivity contribution in [1.82, 2.24) is 0 Å². The molecule has 2 aromatic carbocycles. The Kier molecular flexibility index (Phi) is 5.11. The van der Waals surface area contributed by atoms with Gasteiger partial charge in [0.05, 0.1) is 7.11 Å². The summed E-state index contributed by atoms with van der Waals surface area (Å²) in [4.78, 5) is 0. The number of methoxy groups -OCH3 is 1. The van der Waals surface area contributed by atoms with Gasteiger partial charge in [0.1, 0.15) is 29.7 Å². The van der Waals surface area contributed by atoms with Crippen molar-refractivity contribution in [3.05, 3.63) is 59.2 Å². The highest BCUT2D eigenvalue weighted by Crippen LogP contribution is 2.25. The van der Waals surface area contributed by atoms with E-state index in [1.165, 1.54) is 0 Å². The van der Waals surface area contributed by atoms with Gasteiger partial charge in [0.2, 0.25) is 0 Å². The van der Waals surface area contributed by atoms with Gasteiger partial charge in [-0.1, -0.05) is 0 Å². The second kappa shape index (κ2) is 7.04. The molecular weight excluding hydrogens is 276 g/mol. The molecule has 21 heavy (non-hydrogen) atoms. The van der Waals surface area contributed by atoms with Crippen molar-refractivity contribution in [3.8, 4) is 11.5 Å². The smallest absolute Gasteiger partial charge is 0.130 e. The van der Waals surface area contributed by atoms with E-state index in [0.717, 1.165) is 23.8 Å². The minimum atomic E-state index is -0.495. The molecule has 0 amide bonds. The molecule has 0 bridgehead atoms. The van der Waals surface area contributed by atoms with E-state index in [2.05, 4.69) is 0 Å². The molecular formula is C16H17F2NO2. The number of nitrogens with two attached hydrogens (primary N) is 1. The molecule has 2 N–H and O–H groups in total. The summed E-state index contributed by atoms with van der Waals surface area (Å²) in [5, 5.41) is 0. The summed E-state index contributed by atoms with van der Waals surface area (Å²) in [5.74, 6) is 0.296. The Hall–Kier alpha value is -2.14. The largest absolute Gasteiger partial charge is 0.497 e. The molecule has 0 spiro atoms. The topological polar surface area (TPSA) is 44.5 Å². The molecule has 2 aromatic rings. The summed E-state index contributed by atoms with van der Waals surface area (Å²) < 4.78 is 37.4. The normalized spacial score (nSPS) is 10.5. The monoisotopic (exact) mass is 293 g/mol. The van der Waals surface area contributed by atoms with Gasteiger partial charge in [-0.2, -0.15) is 0 Å². The Bertz CT molecular complexity index is 617. The molecule has 0 atom stereocenters. The SMILES string of the molecule is COc1ccc(OCc2cc(F)ccc2F)c(CCN)c1. The van der Waals surface area contributed by atoms with Crippen molar-refractivity contribution in [2.45, 2.75) is 13.0 Å². The number of hydrogen-bond donors (Lipinski definition) is 1. The van der Waals surface area contributed by atoms with E-state index in [-0.39, 0.29) is 12.2 Å². The van der Waals surface area contributed by atoms with Gasteiger partial charge >= 0.3 is 0 Å². The lowest BCUT2D eigenvalue weighted by molar-refractivity contribution is 0.295. The lowest BCUT2D eigenvalue weighted by Gasteiger charge is -2.13. The summed E-state index contributed by atoms with van der Waals surface area (Å²) in [5.41, 5.74) is 6.61. The fourth-order valence-electron chi connectivity index (χ4n) is 1.98. The lowest BCUT2D eigenvalue weighted by Crippen LogP contribution is -2.06. The zero-order valence-corrected chi connectivity index (χ0v) is 11.7. The van der Waals surface area contributed by atoms with E-state index in [4.69, 9.17) is 15.2 Å². The van der Waals surface area contributed by atoms with Crippen LogP contribution in [0.4, 0.5) is 8.78 Å². The Labute approximate surface area is 122 Å². The minimum Gasteiger partial charge on any atom is -0.497 e. The Morgan fingerprint density at radius 1 is 1.05 bits per heavy atom. The Balaban J connectivity index is 2.17. The molecule has 2 rings (SSSR count). The average molecular weight is 293 g/mol. The van der Waals surface area contributed by atoms with Gasteiger partial charge in [-0.05, 0) is 54.9 Å². The highest BCUT2D eigenvalue weighted by molar-refractivity contribution is 5.40. The second-order valence-electron chi connectivity index (χ2n) is 4.54. The van der Waals surface area contributed by atoms with E-state index in [9.17, 15) is 8.78 Å². The van der Waals surface area contributed by atoms with Crippen molar-refractivity contribution in [3.63, 3.8) is 0 Å². The number of halogens is 2. The van der Waals surface area contributed by atoms with Crippen LogP contribution in [0.2, 0.25) is 0 Å². The van der Waals surface area contributed by atoms with Gasteiger partial charge in [-0.3, -0.25) is 0 Å². The van der Waals surface area contributed by atoms with Crippen LogP contribution in [0.5, 0.6) is 11.5 Å². The molecule has 3 nitrogen and oxygen atoms in total. The first kappa shape index (κ1) is 15.3. The summed E-state index contributed by atoms with van der Waals surface area (Å²) in [7, 11) is 1.57. The fraction of sp³-hybridized carbons (Fsp3) is 0.250. The molecule has 5 heteroatoms. The molecule has 112 valence electrons. The van der Waals surface area contributed by atoms with Crippen LogP contribution in [0.1, 0.15) is 11.1 Å². The van der Waals surface area contributed by atoms with E-state index < -0.39 is 11.6 Å². The molecule has 0 unspecified atom stereocenters. The summed E-state index contributed by atoms with van der Waals surface area (Å²) >= 11 is 0. The highest BCUT2D eigenvalue weighted by atomic mass is 19.1. The third-order valence-corrected chi connectivity index (χ3v) is 3.07. The maximum absolute atomic E-state index is 13.6. The molecule has 0 aliphatic rings. The Morgan fingerprint density at radius 2 is 1.86 bits per heavy atom.